The van der Waals surface area contributed by atoms with E-state index in [0.717, 1.165) is 18.2 Å². The van der Waals surface area contributed by atoms with Crippen LogP contribution in [0.4, 0.5) is 8.78 Å². The zero-order valence-electron chi connectivity index (χ0n) is 9.20. The SMILES string of the molecule is Cc1c(O)n(-c2c(F)cccc2F)c(=O)[nH]c1=O. The van der Waals surface area contributed by atoms with Crippen LogP contribution in [0.1, 0.15) is 5.56 Å². The third kappa shape index (κ3) is 1.69. The highest BCUT2D eigenvalue weighted by Crippen LogP contribution is 2.20. The van der Waals surface area contributed by atoms with Gasteiger partial charge in [0.2, 0.25) is 5.88 Å². The van der Waals surface area contributed by atoms with E-state index in [1.54, 1.807) is 0 Å². The van der Waals surface area contributed by atoms with Crippen molar-refractivity contribution in [2.75, 3.05) is 0 Å². The molecule has 0 aliphatic carbocycles. The van der Waals surface area contributed by atoms with Crippen molar-refractivity contribution in [2.24, 2.45) is 0 Å². The van der Waals surface area contributed by atoms with E-state index < -0.39 is 34.5 Å². The van der Waals surface area contributed by atoms with Gasteiger partial charge in [-0.25, -0.2) is 18.1 Å². The molecule has 1 aromatic carbocycles. The van der Waals surface area contributed by atoms with Crippen LogP contribution in [0.3, 0.4) is 0 Å². The van der Waals surface area contributed by atoms with E-state index >= 15 is 0 Å². The Morgan fingerprint density at radius 2 is 1.78 bits per heavy atom. The molecule has 0 spiro atoms. The molecule has 2 rings (SSSR count). The van der Waals surface area contributed by atoms with Gasteiger partial charge in [-0.05, 0) is 19.1 Å². The maximum atomic E-state index is 13.5. The lowest BCUT2D eigenvalue weighted by Gasteiger charge is -2.10. The van der Waals surface area contributed by atoms with E-state index in [1.165, 1.54) is 6.92 Å². The Kier molecular flexibility index (Phi) is 2.74. The Hall–Kier alpha value is -2.44. The first-order valence-electron chi connectivity index (χ1n) is 4.92. The molecule has 1 aromatic heterocycles. The second-order valence-electron chi connectivity index (χ2n) is 3.61. The third-order valence-corrected chi connectivity index (χ3v) is 2.47. The summed E-state index contributed by atoms with van der Waals surface area (Å²) in [6.07, 6.45) is 0. The van der Waals surface area contributed by atoms with Gasteiger partial charge in [-0.1, -0.05) is 6.07 Å². The van der Waals surface area contributed by atoms with Gasteiger partial charge in [-0.15, -0.1) is 0 Å². The fraction of sp³-hybridized carbons (Fsp3) is 0.0909. The molecule has 2 aromatic rings. The summed E-state index contributed by atoms with van der Waals surface area (Å²) in [6, 6.07) is 2.99. The maximum Gasteiger partial charge on any atom is 0.335 e. The number of para-hydroxylation sites is 1. The van der Waals surface area contributed by atoms with Crippen molar-refractivity contribution < 1.29 is 13.9 Å². The minimum Gasteiger partial charge on any atom is -0.494 e. The molecular formula is C11H8F2N2O3. The van der Waals surface area contributed by atoms with E-state index in [9.17, 15) is 23.5 Å². The molecule has 1 heterocycles. The van der Waals surface area contributed by atoms with Gasteiger partial charge >= 0.3 is 5.69 Å². The highest BCUT2D eigenvalue weighted by Gasteiger charge is 2.18. The van der Waals surface area contributed by atoms with Crippen LogP contribution >= 0.6 is 0 Å². The Morgan fingerprint density at radius 3 is 2.33 bits per heavy atom. The number of benzene rings is 1. The summed E-state index contributed by atoms with van der Waals surface area (Å²) >= 11 is 0. The number of nitrogens with one attached hydrogen (secondary N) is 1. The first-order valence-corrected chi connectivity index (χ1v) is 4.92. The highest BCUT2D eigenvalue weighted by atomic mass is 19.1. The van der Waals surface area contributed by atoms with E-state index in [1.807, 2.05) is 4.98 Å². The number of aromatic amines is 1. The smallest absolute Gasteiger partial charge is 0.335 e. The number of halogens is 2. The fourth-order valence-electron chi connectivity index (χ4n) is 1.52. The van der Waals surface area contributed by atoms with Gasteiger partial charge in [-0.3, -0.25) is 9.78 Å². The maximum absolute atomic E-state index is 13.5. The monoisotopic (exact) mass is 254 g/mol. The van der Waals surface area contributed by atoms with Crippen molar-refractivity contribution in [1.29, 1.82) is 0 Å². The van der Waals surface area contributed by atoms with Gasteiger partial charge < -0.3 is 5.11 Å². The highest BCUT2D eigenvalue weighted by molar-refractivity contribution is 5.40. The van der Waals surface area contributed by atoms with Crippen molar-refractivity contribution in [2.45, 2.75) is 6.92 Å². The minimum atomic E-state index is -1.12. The number of hydrogen-bond donors (Lipinski definition) is 2. The number of H-pyrrole nitrogens is 1. The average molecular weight is 254 g/mol. The summed E-state index contributed by atoms with van der Waals surface area (Å²) in [5.74, 6) is -2.86. The van der Waals surface area contributed by atoms with Crippen LogP contribution in [0.25, 0.3) is 5.69 Å². The summed E-state index contributed by atoms with van der Waals surface area (Å²) in [6.45, 7) is 1.23. The van der Waals surface area contributed by atoms with Gasteiger partial charge in [0.15, 0.2) is 0 Å². The van der Waals surface area contributed by atoms with Crippen LogP contribution < -0.4 is 11.2 Å². The van der Waals surface area contributed by atoms with Crippen molar-refractivity contribution in [3.05, 3.63) is 56.2 Å². The molecule has 0 fully saturated rings. The largest absolute Gasteiger partial charge is 0.494 e. The Labute approximate surface area is 99.0 Å². The second-order valence-corrected chi connectivity index (χ2v) is 3.61. The number of hydrogen-bond acceptors (Lipinski definition) is 3. The molecule has 2 N–H and O–H groups in total. The molecule has 5 nitrogen and oxygen atoms in total. The standard InChI is InChI=1S/C11H8F2N2O3/c1-5-9(16)14-11(18)15(10(5)17)8-6(12)3-2-4-7(8)13/h2-4,17H,1H3,(H,14,16,18). The minimum absolute atomic E-state index is 0.211. The van der Waals surface area contributed by atoms with Crippen molar-refractivity contribution >= 4 is 0 Å². The van der Waals surface area contributed by atoms with Gasteiger partial charge in [0.05, 0.1) is 5.56 Å². The molecule has 0 saturated heterocycles. The van der Waals surface area contributed by atoms with Crippen LogP contribution in [0.15, 0.2) is 27.8 Å². The van der Waals surface area contributed by atoms with Gasteiger partial charge in [0.1, 0.15) is 17.3 Å². The molecular weight excluding hydrogens is 246 g/mol. The van der Waals surface area contributed by atoms with Crippen molar-refractivity contribution in [3.8, 4) is 11.6 Å². The molecule has 0 radical (unpaired) electrons. The number of rotatable bonds is 1. The Bertz CT molecular complexity index is 714. The fourth-order valence-corrected chi connectivity index (χ4v) is 1.52. The van der Waals surface area contributed by atoms with E-state index in [0.29, 0.717) is 4.57 Å². The Morgan fingerprint density at radius 1 is 1.22 bits per heavy atom. The predicted octanol–water partition coefficient (Wildman–Crippen LogP) is 0.818. The zero-order valence-corrected chi connectivity index (χ0v) is 9.20. The Balaban J connectivity index is 2.93. The molecule has 0 aliphatic heterocycles. The summed E-state index contributed by atoms with van der Waals surface area (Å²) < 4.78 is 27.4. The van der Waals surface area contributed by atoms with Gasteiger partial charge in [-0.2, -0.15) is 0 Å². The molecule has 0 amide bonds. The second kappa shape index (κ2) is 4.10. The lowest BCUT2D eigenvalue weighted by molar-refractivity contribution is 0.418. The molecule has 0 bridgehead atoms. The zero-order chi connectivity index (χ0) is 13.4. The van der Waals surface area contributed by atoms with Crippen LogP contribution in [0.2, 0.25) is 0 Å². The van der Waals surface area contributed by atoms with Crippen molar-refractivity contribution in [3.63, 3.8) is 0 Å². The molecule has 0 atom stereocenters. The summed E-state index contributed by atoms with van der Waals surface area (Å²) in [5.41, 5.74) is -2.88. The van der Waals surface area contributed by atoms with E-state index in [4.69, 9.17) is 0 Å². The third-order valence-electron chi connectivity index (χ3n) is 2.47. The molecule has 7 heteroatoms. The topological polar surface area (TPSA) is 75.1 Å². The number of aromatic hydroxyl groups is 1. The summed E-state index contributed by atoms with van der Waals surface area (Å²) in [7, 11) is 0. The molecule has 18 heavy (non-hydrogen) atoms. The average Bonchev–Trinajstić information content (AvgIpc) is 2.30. The van der Waals surface area contributed by atoms with Gasteiger partial charge in [0.25, 0.3) is 5.56 Å². The normalized spacial score (nSPS) is 10.6. The predicted molar refractivity (Wildman–Crippen MR) is 59.0 cm³/mol. The molecule has 0 saturated carbocycles. The van der Waals surface area contributed by atoms with Crippen molar-refractivity contribution in [1.82, 2.24) is 9.55 Å². The van der Waals surface area contributed by atoms with Crippen LogP contribution in [0.5, 0.6) is 5.88 Å². The van der Waals surface area contributed by atoms with Gasteiger partial charge in [0, 0.05) is 0 Å². The first kappa shape index (κ1) is 12.0. The number of aromatic nitrogens is 2. The van der Waals surface area contributed by atoms with Crippen LogP contribution in [0, 0.1) is 18.6 Å². The van der Waals surface area contributed by atoms with E-state index in [2.05, 4.69) is 0 Å². The quantitative estimate of drug-likeness (QED) is 0.791. The van der Waals surface area contributed by atoms with Crippen LogP contribution in [-0.4, -0.2) is 14.7 Å². The summed E-state index contributed by atoms with van der Waals surface area (Å²) in [5, 5.41) is 9.67. The first-order chi connectivity index (χ1) is 8.43. The van der Waals surface area contributed by atoms with Crippen LogP contribution in [-0.2, 0) is 0 Å². The lowest BCUT2D eigenvalue weighted by Crippen LogP contribution is -2.31. The lowest BCUT2D eigenvalue weighted by atomic mass is 10.2. The molecule has 94 valence electrons. The summed E-state index contributed by atoms with van der Waals surface area (Å²) in [4.78, 5) is 24.6. The number of nitrogens with zero attached hydrogens (tertiary/aromatic N) is 1. The molecule has 0 unspecified atom stereocenters. The van der Waals surface area contributed by atoms with E-state index in [-0.39, 0.29) is 5.56 Å². The molecule has 0 aliphatic rings.